The Morgan fingerprint density at radius 1 is 0.484 bits per heavy atom. The number of unbranched alkanes of at least 4 members (excludes halogenated alkanes) is 4. The Bertz CT molecular complexity index is 616. The van der Waals surface area contributed by atoms with E-state index in [1.165, 1.54) is 74.1 Å². The maximum atomic E-state index is 2.55. The Morgan fingerprint density at radius 2 is 0.774 bits per heavy atom. The number of nitrogens with two attached hydrogens (primary N) is 1. The predicted molar refractivity (Wildman–Crippen MR) is 138 cm³/mol. The van der Waals surface area contributed by atoms with Crippen molar-refractivity contribution >= 4 is 22.7 Å². The standard InChI is InChI=1S/C28H45N3/c1-5-9-21-30(22-10-6-2)27-17-13-25(14-18-27)29-26-15-19-28(20-16-26)31(23-11-7-3)24-12-8-4/h13-20,29H,5-12,21-24H2,1-4H3/p+1. The van der Waals surface area contributed by atoms with E-state index in [9.17, 15) is 0 Å². The minimum absolute atomic E-state index is 1.16. The van der Waals surface area contributed by atoms with Crippen molar-refractivity contribution in [1.29, 1.82) is 0 Å². The zero-order chi connectivity index (χ0) is 22.3. The van der Waals surface area contributed by atoms with E-state index in [1.54, 1.807) is 0 Å². The van der Waals surface area contributed by atoms with Gasteiger partial charge in [0.25, 0.3) is 0 Å². The molecule has 2 aromatic rings. The van der Waals surface area contributed by atoms with E-state index in [0.29, 0.717) is 0 Å². The number of anilines is 2. The second kappa shape index (κ2) is 14.9. The van der Waals surface area contributed by atoms with E-state index in [0.717, 1.165) is 26.2 Å². The molecule has 0 aliphatic heterocycles. The van der Waals surface area contributed by atoms with E-state index in [-0.39, 0.29) is 0 Å². The molecule has 0 saturated carbocycles. The third-order valence-electron chi connectivity index (χ3n) is 5.98. The van der Waals surface area contributed by atoms with Crippen LogP contribution in [-0.2, 0) is 0 Å². The molecule has 2 aromatic carbocycles. The maximum Gasteiger partial charge on any atom is 0.134 e. The monoisotopic (exact) mass is 424 g/mol. The summed E-state index contributed by atoms with van der Waals surface area (Å²) in [6, 6.07) is 18.2. The highest BCUT2D eigenvalue weighted by atomic mass is 15.1. The van der Waals surface area contributed by atoms with E-state index in [4.69, 9.17) is 0 Å². The van der Waals surface area contributed by atoms with Crippen LogP contribution in [0.5, 0.6) is 0 Å². The predicted octanol–water partition coefficient (Wildman–Crippen LogP) is 7.03. The highest BCUT2D eigenvalue weighted by molar-refractivity contribution is 5.53. The van der Waals surface area contributed by atoms with Crippen molar-refractivity contribution < 1.29 is 5.32 Å². The Balaban J connectivity index is 2.00. The van der Waals surface area contributed by atoms with Crippen molar-refractivity contribution in [2.75, 3.05) is 36.0 Å². The molecule has 3 heteroatoms. The van der Waals surface area contributed by atoms with Crippen LogP contribution in [-0.4, -0.2) is 26.2 Å². The first kappa shape index (κ1) is 25.3. The molecule has 0 spiro atoms. The Morgan fingerprint density at radius 3 is 1.03 bits per heavy atom. The number of nitrogens with zero attached hydrogens (tertiary/aromatic N) is 2. The van der Waals surface area contributed by atoms with Crippen LogP contribution < -0.4 is 15.1 Å². The van der Waals surface area contributed by atoms with Gasteiger partial charge in [0.1, 0.15) is 11.4 Å². The van der Waals surface area contributed by atoms with Crippen LogP contribution in [0.25, 0.3) is 0 Å². The van der Waals surface area contributed by atoms with Gasteiger partial charge >= 0.3 is 0 Å². The number of rotatable bonds is 16. The fourth-order valence-electron chi connectivity index (χ4n) is 3.89. The molecule has 0 fully saturated rings. The summed E-state index contributed by atoms with van der Waals surface area (Å²) in [4.78, 5) is 5.10. The summed E-state index contributed by atoms with van der Waals surface area (Å²) in [6.07, 6.45) is 10.0. The normalized spacial score (nSPS) is 11.0. The third-order valence-corrected chi connectivity index (χ3v) is 5.98. The SMILES string of the molecule is CCCCN(CCCC)c1ccc([NH2+]c2ccc(N(CCCC)CCCC)cc2)cc1. The lowest BCUT2D eigenvalue weighted by molar-refractivity contribution is -0.478. The quantitative estimate of drug-likeness (QED) is 0.292. The van der Waals surface area contributed by atoms with Crippen LogP contribution in [0.2, 0.25) is 0 Å². The molecule has 0 radical (unpaired) electrons. The molecule has 0 heterocycles. The van der Waals surface area contributed by atoms with Crippen molar-refractivity contribution in [2.24, 2.45) is 0 Å². The zero-order valence-electron chi connectivity index (χ0n) is 20.6. The van der Waals surface area contributed by atoms with Gasteiger partial charge in [-0.25, -0.2) is 0 Å². The number of quaternary nitrogens is 1. The molecule has 2 N–H and O–H groups in total. The summed E-state index contributed by atoms with van der Waals surface area (Å²) < 4.78 is 0. The van der Waals surface area contributed by atoms with Crippen molar-refractivity contribution in [3.63, 3.8) is 0 Å². The molecule has 0 unspecified atom stereocenters. The number of hydrogen-bond donors (Lipinski definition) is 1. The number of hydrogen-bond acceptors (Lipinski definition) is 2. The van der Waals surface area contributed by atoms with Crippen molar-refractivity contribution in [3.05, 3.63) is 48.5 Å². The summed E-state index contributed by atoms with van der Waals surface area (Å²) in [6.45, 7) is 13.7. The summed E-state index contributed by atoms with van der Waals surface area (Å²) in [5.41, 5.74) is 5.27. The van der Waals surface area contributed by atoms with Gasteiger partial charge in [-0.1, -0.05) is 53.4 Å². The molecular formula is C28H46N3+. The molecule has 2 rings (SSSR count). The van der Waals surface area contributed by atoms with Crippen LogP contribution in [0.3, 0.4) is 0 Å². The van der Waals surface area contributed by atoms with E-state index in [1.807, 2.05) is 0 Å². The topological polar surface area (TPSA) is 23.1 Å². The minimum Gasteiger partial charge on any atom is -0.372 e. The first-order chi connectivity index (χ1) is 15.2. The van der Waals surface area contributed by atoms with Gasteiger partial charge in [0.2, 0.25) is 0 Å². The minimum atomic E-state index is 1.16. The lowest BCUT2D eigenvalue weighted by Crippen LogP contribution is -2.70. The first-order valence-electron chi connectivity index (χ1n) is 12.8. The van der Waals surface area contributed by atoms with Gasteiger partial charge in [0.05, 0.1) is 0 Å². The van der Waals surface area contributed by atoms with E-state index < -0.39 is 0 Å². The van der Waals surface area contributed by atoms with Gasteiger partial charge in [-0.3, -0.25) is 5.32 Å². The molecule has 0 amide bonds. The molecule has 0 aromatic heterocycles. The summed E-state index contributed by atoms with van der Waals surface area (Å²) in [7, 11) is 0. The zero-order valence-corrected chi connectivity index (χ0v) is 20.6. The molecule has 0 atom stereocenters. The largest absolute Gasteiger partial charge is 0.372 e. The van der Waals surface area contributed by atoms with E-state index >= 15 is 0 Å². The lowest BCUT2D eigenvalue weighted by atomic mass is 10.2. The second-order valence-electron chi connectivity index (χ2n) is 8.72. The van der Waals surface area contributed by atoms with Gasteiger partial charge in [-0.15, -0.1) is 0 Å². The average molecular weight is 425 g/mol. The van der Waals surface area contributed by atoms with Gasteiger partial charge < -0.3 is 9.80 Å². The lowest BCUT2D eigenvalue weighted by Gasteiger charge is -2.25. The smallest absolute Gasteiger partial charge is 0.134 e. The van der Waals surface area contributed by atoms with Gasteiger partial charge in [0.15, 0.2) is 0 Å². The molecule has 0 bridgehead atoms. The summed E-state index contributed by atoms with van der Waals surface area (Å²) in [5.74, 6) is 0. The number of benzene rings is 2. The van der Waals surface area contributed by atoms with Crippen LogP contribution in [0.4, 0.5) is 22.7 Å². The summed E-state index contributed by atoms with van der Waals surface area (Å²) in [5, 5.41) is 2.29. The summed E-state index contributed by atoms with van der Waals surface area (Å²) >= 11 is 0. The Kier molecular flexibility index (Phi) is 12.2. The Labute approximate surface area is 191 Å². The van der Waals surface area contributed by atoms with Gasteiger partial charge in [0, 0.05) is 61.8 Å². The molecule has 0 saturated heterocycles. The van der Waals surface area contributed by atoms with Crippen LogP contribution in [0, 0.1) is 0 Å². The van der Waals surface area contributed by atoms with Crippen LogP contribution in [0.15, 0.2) is 48.5 Å². The molecule has 31 heavy (non-hydrogen) atoms. The van der Waals surface area contributed by atoms with Crippen molar-refractivity contribution in [1.82, 2.24) is 0 Å². The van der Waals surface area contributed by atoms with Gasteiger partial charge in [-0.05, 0) is 49.9 Å². The fourth-order valence-corrected chi connectivity index (χ4v) is 3.89. The first-order valence-corrected chi connectivity index (χ1v) is 12.8. The second-order valence-corrected chi connectivity index (χ2v) is 8.72. The molecule has 0 aliphatic carbocycles. The third kappa shape index (κ3) is 8.95. The highest BCUT2D eigenvalue weighted by Gasteiger charge is 2.09. The van der Waals surface area contributed by atoms with E-state index in [2.05, 4.69) is 91.3 Å². The molecule has 0 aliphatic rings. The van der Waals surface area contributed by atoms with Crippen molar-refractivity contribution in [2.45, 2.75) is 79.1 Å². The average Bonchev–Trinajstić information content (AvgIpc) is 2.81. The van der Waals surface area contributed by atoms with Crippen molar-refractivity contribution in [3.8, 4) is 0 Å². The molecule has 3 nitrogen and oxygen atoms in total. The highest BCUT2D eigenvalue weighted by Crippen LogP contribution is 2.20. The molecule has 172 valence electrons. The Hall–Kier alpha value is -2.00. The molecular weight excluding hydrogens is 378 g/mol. The maximum absolute atomic E-state index is 2.55. The fraction of sp³-hybridized carbons (Fsp3) is 0.571. The van der Waals surface area contributed by atoms with Crippen LogP contribution in [0.1, 0.15) is 79.1 Å². The van der Waals surface area contributed by atoms with Gasteiger partial charge in [-0.2, -0.15) is 0 Å². The van der Waals surface area contributed by atoms with Crippen LogP contribution >= 0.6 is 0 Å².